The lowest BCUT2D eigenvalue weighted by atomic mass is 10.2. The lowest BCUT2D eigenvalue weighted by Gasteiger charge is -2.14. The minimum absolute atomic E-state index is 0.608. The highest BCUT2D eigenvalue weighted by Gasteiger charge is 2.08. The Hall–Kier alpha value is -4.37. The van der Waals surface area contributed by atoms with Gasteiger partial charge in [0.25, 0.3) is 0 Å². The van der Waals surface area contributed by atoms with Crippen LogP contribution in [-0.2, 0) is 0 Å². The fourth-order valence-corrected chi connectivity index (χ4v) is 2.88. The molecule has 0 aliphatic heterocycles. The zero-order chi connectivity index (χ0) is 20.8. The van der Waals surface area contributed by atoms with Crippen LogP contribution >= 0.6 is 0 Å². The molecular weight excluding hydrogens is 374 g/mol. The van der Waals surface area contributed by atoms with Crippen molar-refractivity contribution in [2.24, 2.45) is 0 Å². The monoisotopic (exact) mass is 393 g/mol. The maximum atomic E-state index is 8.94. The number of anilines is 4. The molecule has 0 aliphatic carbocycles. The predicted octanol–water partition coefficient (Wildman–Crippen LogP) is 5.94. The maximum Gasteiger partial charge on any atom is 0.150 e. The first-order valence-corrected chi connectivity index (χ1v) is 9.41. The first-order valence-electron chi connectivity index (χ1n) is 9.41. The number of nitrogens with one attached hydrogen (secondary N) is 2. The Morgan fingerprint density at radius 2 is 1.47 bits per heavy atom. The zero-order valence-electron chi connectivity index (χ0n) is 16.3. The molecule has 4 aromatic rings. The number of nitrogens with zero attached hydrogens (tertiary/aromatic N) is 3. The lowest BCUT2D eigenvalue weighted by Crippen LogP contribution is -2.02. The summed E-state index contributed by atoms with van der Waals surface area (Å²) in [5.74, 6) is 3.37. The van der Waals surface area contributed by atoms with Crippen LogP contribution in [0.15, 0.2) is 84.9 Å². The molecule has 2 N–H and O–H groups in total. The number of para-hydroxylation sites is 3. The largest absolute Gasteiger partial charge is 0.455 e. The second-order valence-electron chi connectivity index (χ2n) is 6.54. The smallest absolute Gasteiger partial charge is 0.150 e. The van der Waals surface area contributed by atoms with Crippen LogP contribution in [-0.4, -0.2) is 9.97 Å². The van der Waals surface area contributed by atoms with Gasteiger partial charge in [0.05, 0.1) is 17.3 Å². The first kappa shape index (κ1) is 19.0. The Bertz CT molecular complexity index is 1180. The van der Waals surface area contributed by atoms with Crippen LogP contribution in [0.1, 0.15) is 11.4 Å². The van der Waals surface area contributed by atoms with Crippen molar-refractivity contribution in [1.82, 2.24) is 9.97 Å². The Kier molecular flexibility index (Phi) is 5.54. The van der Waals surface area contributed by atoms with E-state index in [1.54, 1.807) is 12.1 Å². The molecule has 6 heteroatoms. The molecule has 0 atom stereocenters. The third-order valence-corrected chi connectivity index (χ3v) is 4.25. The van der Waals surface area contributed by atoms with E-state index in [1.807, 2.05) is 79.7 Å². The molecule has 30 heavy (non-hydrogen) atoms. The zero-order valence-corrected chi connectivity index (χ0v) is 16.3. The molecule has 1 heterocycles. The molecule has 3 aromatic carbocycles. The number of nitriles is 1. The van der Waals surface area contributed by atoms with Crippen molar-refractivity contribution in [2.45, 2.75) is 6.92 Å². The van der Waals surface area contributed by atoms with E-state index in [2.05, 4.69) is 26.7 Å². The number of aryl methyl sites for hydroxylation is 1. The average Bonchev–Trinajstić information content (AvgIpc) is 2.76. The summed E-state index contributed by atoms with van der Waals surface area (Å²) in [6.45, 7) is 1.83. The average molecular weight is 393 g/mol. The molecule has 6 nitrogen and oxygen atoms in total. The highest BCUT2D eigenvalue weighted by molar-refractivity contribution is 5.67. The molecule has 0 saturated heterocycles. The number of hydrogen-bond donors (Lipinski definition) is 2. The molecule has 0 fully saturated rings. The van der Waals surface area contributed by atoms with Gasteiger partial charge in [-0.3, -0.25) is 0 Å². The van der Waals surface area contributed by atoms with Gasteiger partial charge in [0.2, 0.25) is 0 Å². The summed E-state index contributed by atoms with van der Waals surface area (Å²) in [7, 11) is 0. The Morgan fingerprint density at radius 1 is 0.800 bits per heavy atom. The molecule has 0 radical (unpaired) electrons. The molecule has 4 rings (SSSR count). The van der Waals surface area contributed by atoms with Crippen molar-refractivity contribution in [2.75, 3.05) is 10.6 Å². The maximum absolute atomic E-state index is 8.94. The number of aromatic nitrogens is 2. The molecule has 0 unspecified atom stereocenters. The van der Waals surface area contributed by atoms with Gasteiger partial charge in [-0.15, -0.1) is 0 Å². The van der Waals surface area contributed by atoms with Gasteiger partial charge in [0.15, 0.2) is 5.75 Å². The molecule has 0 amide bonds. The summed E-state index contributed by atoms with van der Waals surface area (Å²) in [6.07, 6.45) is 0. The molecule has 0 bridgehead atoms. The van der Waals surface area contributed by atoms with Crippen molar-refractivity contribution >= 4 is 23.0 Å². The van der Waals surface area contributed by atoms with E-state index in [1.165, 1.54) is 0 Å². The van der Waals surface area contributed by atoms with Crippen LogP contribution < -0.4 is 15.4 Å². The van der Waals surface area contributed by atoms with E-state index in [9.17, 15) is 0 Å². The molecule has 0 aliphatic rings. The van der Waals surface area contributed by atoms with Crippen LogP contribution in [0.2, 0.25) is 0 Å². The summed E-state index contributed by atoms with van der Waals surface area (Å²) in [6, 6.07) is 28.4. The van der Waals surface area contributed by atoms with Gasteiger partial charge in [0.1, 0.15) is 23.2 Å². The SMILES string of the molecule is Cc1nc(Nc2ccc(C#N)cc2)cc(Nc2ccccc2Oc2ccccc2)n1. The van der Waals surface area contributed by atoms with Crippen molar-refractivity contribution in [1.29, 1.82) is 5.26 Å². The third-order valence-electron chi connectivity index (χ3n) is 4.25. The van der Waals surface area contributed by atoms with Crippen LogP contribution in [0.25, 0.3) is 0 Å². The van der Waals surface area contributed by atoms with Gasteiger partial charge in [-0.1, -0.05) is 30.3 Å². The topological polar surface area (TPSA) is 82.9 Å². The number of benzene rings is 3. The Labute approximate surface area is 174 Å². The van der Waals surface area contributed by atoms with E-state index < -0.39 is 0 Å². The normalized spacial score (nSPS) is 10.1. The van der Waals surface area contributed by atoms with E-state index >= 15 is 0 Å². The van der Waals surface area contributed by atoms with Gasteiger partial charge in [-0.2, -0.15) is 5.26 Å². The van der Waals surface area contributed by atoms with E-state index in [4.69, 9.17) is 10.00 Å². The van der Waals surface area contributed by atoms with E-state index in [0.717, 1.165) is 17.1 Å². The summed E-state index contributed by atoms with van der Waals surface area (Å²) < 4.78 is 6.01. The van der Waals surface area contributed by atoms with Crippen LogP contribution in [0.5, 0.6) is 11.5 Å². The van der Waals surface area contributed by atoms with Crippen molar-refractivity contribution in [3.8, 4) is 17.6 Å². The number of hydrogen-bond acceptors (Lipinski definition) is 6. The molecular formula is C24H19N5O. The highest BCUT2D eigenvalue weighted by Crippen LogP contribution is 2.31. The first-order chi connectivity index (χ1) is 14.7. The van der Waals surface area contributed by atoms with Crippen LogP contribution in [0.4, 0.5) is 23.0 Å². The van der Waals surface area contributed by atoms with Gasteiger partial charge in [-0.25, -0.2) is 9.97 Å². The van der Waals surface area contributed by atoms with Gasteiger partial charge in [-0.05, 0) is 55.5 Å². The van der Waals surface area contributed by atoms with Crippen LogP contribution in [0.3, 0.4) is 0 Å². The van der Waals surface area contributed by atoms with Crippen LogP contribution in [0, 0.1) is 18.3 Å². The number of rotatable bonds is 6. The summed E-state index contributed by atoms with van der Waals surface area (Å²) in [5, 5.41) is 15.5. The van der Waals surface area contributed by atoms with Gasteiger partial charge < -0.3 is 15.4 Å². The van der Waals surface area contributed by atoms with Crippen molar-refractivity contribution < 1.29 is 4.74 Å². The minimum Gasteiger partial charge on any atom is -0.455 e. The minimum atomic E-state index is 0.608. The summed E-state index contributed by atoms with van der Waals surface area (Å²) >= 11 is 0. The van der Waals surface area contributed by atoms with Gasteiger partial charge >= 0.3 is 0 Å². The second-order valence-corrected chi connectivity index (χ2v) is 6.54. The van der Waals surface area contributed by atoms with E-state index in [-0.39, 0.29) is 0 Å². The van der Waals surface area contributed by atoms with E-state index in [0.29, 0.717) is 28.8 Å². The third kappa shape index (κ3) is 4.72. The van der Waals surface area contributed by atoms with Gasteiger partial charge in [0, 0.05) is 11.8 Å². The molecule has 0 spiro atoms. The predicted molar refractivity (Wildman–Crippen MR) is 117 cm³/mol. The van der Waals surface area contributed by atoms with Crippen molar-refractivity contribution in [3.05, 3.63) is 96.3 Å². The fourth-order valence-electron chi connectivity index (χ4n) is 2.88. The molecule has 146 valence electrons. The Balaban J connectivity index is 1.56. The fraction of sp³-hybridized carbons (Fsp3) is 0.0417. The number of ether oxygens (including phenoxy) is 1. The molecule has 0 saturated carbocycles. The standard InChI is InChI=1S/C24H19N5O/c1-17-26-23(28-19-13-11-18(16-25)12-14-19)15-24(27-17)29-21-9-5-6-10-22(21)30-20-7-3-2-4-8-20/h2-15H,1H3,(H2,26,27,28,29). The molecule has 1 aromatic heterocycles. The lowest BCUT2D eigenvalue weighted by molar-refractivity contribution is 0.485. The van der Waals surface area contributed by atoms with Crippen molar-refractivity contribution in [3.63, 3.8) is 0 Å². The summed E-state index contributed by atoms with van der Waals surface area (Å²) in [5.41, 5.74) is 2.24. The second kappa shape index (κ2) is 8.76. The highest BCUT2D eigenvalue weighted by atomic mass is 16.5. The Morgan fingerprint density at radius 3 is 2.20 bits per heavy atom. The summed E-state index contributed by atoms with van der Waals surface area (Å²) in [4.78, 5) is 8.93. The quantitative estimate of drug-likeness (QED) is 0.422.